The van der Waals surface area contributed by atoms with E-state index in [-0.39, 0.29) is 12.2 Å². The van der Waals surface area contributed by atoms with Crippen molar-refractivity contribution in [3.05, 3.63) is 24.3 Å². The van der Waals surface area contributed by atoms with Gasteiger partial charge < -0.3 is 9.47 Å². The largest absolute Gasteiger partial charge is 0.494 e. The van der Waals surface area contributed by atoms with Crippen LogP contribution in [0.15, 0.2) is 24.3 Å². The molecule has 1 saturated carbocycles. The Kier molecular flexibility index (Phi) is 7.81. The van der Waals surface area contributed by atoms with Gasteiger partial charge in [-0.05, 0) is 63.7 Å². The number of likely N-dealkylation sites (tertiary alicyclic amines) is 1. The van der Waals surface area contributed by atoms with Crippen molar-refractivity contribution in [1.29, 1.82) is 0 Å². The molecule has 1 aromatic carbocycles. The average Bonchev–Trinajstić information content (AvgIpc) is 3.20. The lowest BCUT2D eigenvalue weighted by Gasteiger charge is -2.37. The first-order valence-corrected chi connectivity index (χ1v) is 10.7. The van der Waals surface area contributed by atoms with E-state index in [1.54, 1.807) is 0 Å². The first-order chi connectivity index (χ1) is 13.3. The Bertz CT molecular complexity index is 587. The zero-order chi connectivity index (χ0) is 18.9. The van der Waals surface area contributed by atoms with E-state index >= 15 is 0 Å². The highest BCUT2D eigenvalue weighted by atomic mass is 16.6. The van der Waals surface area contributed by atoms with Gasteiger partial charge >= 0.3 is 6.09 Å². The molecule has 2 aliphatic rings. The van der Waals surface area contributed by atoms with Crippen molar-refractivity contribution in [3.63, 3.8) is 0 Å². The smallest absolute Gasteiger partial charge is 0.411 e. The van der Waals surface area contributed by atoms with Crippen LogP contribution in [0.3, 0.4) is 0 Å². The summed E-state index contributed by atoms with van der Waals surface area (Å²) in [5.74, 6) is 0.788. The van der Waals surface area contributed by atoms with Gasteiger partial charge in [0.2, 0.25) is 0 Å². The van der Waals surface area contributed by atoms with Gasteiger partial charge in [0, 0.05) is 17.8 Å². The van der Waals surface area contributed by atoms with E-state index in [9.17, 15) is 4.79 Å². The molecule has 0 spiro atoms. The predicted octanol–water partition coefficient (Wildman–Crippen LogP) is 5.21. The normalized spacial score (nSPS) is 23.1. The third kappa shape index (κ3) is 6.13. The van der Waals surface area contributed by atoms with E-state index in [2.05, 4.69) is 17.1 Å². The number of nitrogens with zero attached hydrogens (tertiary/aromatic N) is 1. The van der Waals surface area contributed by atoms with Crippen molar-refractivity contribution in [2.45, 2.75) is 76.9 Å². The van der Waals surface area contributed by atoms with Crippen LogP contribution >= 0.6 is 0 Å². The number of hydrogen-bond donors (Lipinski definition) is 1. The van der Waals surface area contributed by atoms with Crippen molar-refractivity contribution in [2.24, 2.45) is 0 Å². The number of hydrogen-bond acceptors (Lipinski definition) is 4. The fourth-order valence-corrected chi connectivity index (χ4v) is 4.20. The minimum Gasteiger partial charge on any atom is -0.494 e. The summed E-state index contributed by atoms with van der Waals surface area (Å²) in [5, 5.41) is 2.88. The molecule has 1 aliphatic heterocycles. The Balaban J connectivity index is 1.50. The van der Waals surface area contributed by atoms with E-state index in [0.717, 1.165) is 50.2 Å². The second-order valence-corrected chi connectivity index (χ2v) is 7.75. The maximum absolute atomic E-state index is 12.5. The van der Waals surface area contributed by atoms with E-state index in [1.165, 1.54) is 32.1 Å². The molecule has 27 heavy (non-hydrogen) atoms. The number of anilines is 1. The van der Waals surface area contributed by atoms with Gasteiger partial charge in [-0.2, -0.15) is 0 Å². The minimum absolute atomic E-state index is 0.00493. The number of nitrogens with one attached hydrogen (secondary N) is 1. The number of benzene rings is 1. The lowest BCUT2D eigenvalue weighted by Crippen LogP contribution is -2.46. The Morgan fingerprint density at radius 3 is 2.78 bits per heavy atom. The number of rotatable bonds is 8. The van der Waals surface area contributed by atoms with E-state index in [0.29, 0.717) is 12.6 Å². The SMILES string of the molecule is CCCCCOc1cccc(NC(=O)O[C@H]2CCCC[C@@H]2N2CCCC2)c1. The van der Waals surface area contributed by atoms with Crippen molar-refractivity contribution in [2.75, 3.05) is 25.0 Å². The number of carbonyl (C=O) groups is 1. The molecule has 1 heterocycles. The molecule has 0 bridgehead atoms. The highest BCUT2D eigenvalue weighted by Crippen LogP contribution is 2.28. The number of ether oxygens (including phenoxy) is 2. The van der Waals surface area contributed by atoms with Crippen LogP contribution in [-0.4, -0.2) is 42.8 Å². The molecule has 0 unspecified atom stereocenters. The fraction of sp³-hybridized carbons (Fsp3) is 0.682. The molecular formula is C22H34N2O3. The minimum atomic E-state index is -0.353. The molecule has 1 amide bonds. The zero-order valence-corrected chi connectivity index (χ0v) is 16.6. The summed E-state index contributed by atoms with van der Waals surface area (Å²) in [5.41, 5.74) is 0.724. The summed E-state index contributed by atoms with van der Waals surface area (Å²) < 4.78 is 11.6. The maximum atomic E-state index is 12.5. The standard InChI is InChI=1S/C22H34N2O3/c1-2-3-8-16-26-19-11-9-10-18(17-19)23-22(25)27-21-13-5-4-12-20(21)24-14-6-7-15-24/h9-11,17,20-21H,2-8,12-16H2,1H3,(H,23,25)/t20-,21-/m0/s1. The van der Waals surface area contributed by atoms with Crippen LogP contribution < -0.4 is 10.1 Å². The Morgan fingerprint density at radius 1 is 1.15 bits per heavy atom. The maximum Gasteiger partial charge on any atom is 0.411 e. The Labute approximate surface area is 163 Å². The van der Waals surface area contributed by atoms with Crippen molar-refractivity contribution in [3.8, 4) is 5.75 Å². The molecular weight excluding hydrogens is 340 g/mol. The molecule has 150 valence electrons. The summed E-state index contributed by atoms with van der Waals surface area (Å²) in [6.07, 6.45) is 10.1. The molecule has 0 aromatic heterocycles. The van der Waals surface area contributed by atoms with Crippen LogP contribution in [0.25, 0.3) is 0 Å². The van der Waals surface area contributed by atoms with Crippen LogP contribution in [0.5, 0.6) is 5.75 Å². The van der Waals surface area contributed by atoms with E-state index in [4.69, 9.17) is 9.47 Å². The highest BCUT2D eigenvalue weighted by molar-refractivity contribution is 5.85. The number of unbranched alkanes of at least 4 members (excludes halogenated alkanes) is 2. The third-order valence-electron chi connectivity index (χ3n) is 5.63. The molecule has 1 aromatic rings. The lowest BCUT2D eigenvalue weighted by atomic mass is 9.91. The van der Waals surface area contributed by atoms with Crippen molar-refractivity contribution in [1.82, 2.24) is 4.90 Å². The van der Waals surface area contributed by atoms with Gasteiger partial charge in [-0.25, -0.2) is 4.79 Å². The van der Waals surface area contributed by atoms with Gasteiger partial charge in [-0.3, -0.25) is 10.2 Å². The van der Waals surface area contributed by atoms with Crippen molar-refractivity contribution < 1.29 is 14.3 Å². The van der Waals surface area contributed by atoms with Gasteiger partial charge in [0.15, 0.2) is 0 Å². The van der Waals surface area contributed by atoms with Gasteiger partial charge in [0.05, 0.1) is 6.61 Å². The van der Waals surface area contributed by atoms with E-state index in [1.807, 2.05) is 24.3 Å². The Hall–Kier alpha value is -1.75. The fourth-order valence-electron chi connectivity index (χ4n) is 4.20. The molecule has 1 N–H and O–H groups in total. The summed E-state index contributed by atoms with van der Waals surface area (Å²) in [7, 11) is 0. The van der Waals surface area contributed by atoms with Gasteiger partial charge in [-0.1, -0.05) is 32.3 Å². The zero-order valence-electron chi connectivity index (χ0n) is 16.6. The summed E-state index contributed by atoms with van der Waals surface area (Å²) in [6, 6.07) is 7.96. The topological polar surface area (TPSA) is 50.8 Å². The van der Waals surface area contributed by atoms with Crippen LogP contribution in [0.4, 0.5) is 10.5 Å². The van der Waals surface area contributed by atoms with Gasteiger partial charge in [0.25, 0.3) is 0 Å². The van der Waals surface area contributed by atoms with Crippen molar-refractivity contribution >= 4 is 11.8 Å². The molecule has 5 heteroatoms. The highest BCUT2D eigenvalue weighted by Gasteiger charge is 2.34. The second-order valence-electron chi connectivity index (χ2n) is 7.75. The predicted molar refractivity (Wildman–Crippen MR) is 108 cm³/mol. The number of amides is 1. The number of carbonyl (C=O) groups excluding carboxylic acids is 1. The molecule has 0 radical (unpaired) electrons. The quantitative estimate of drug-likeness (QED) is 0.635. The average molecular weight is 375 g/mol. The first-order valence-electron chi connectivity index (χ1n) is 10.7. The van der Waals surface area contributed by atoms with Crippen LogP contribution in [0, 0.1) is 0 Å². The van der Waals surface area contributed by atoms with Crippen LogP contribution in [-0.2, 0) is 4.74 Å². The first kappa shape index (κ1) is 20.0. The van der Waals surface area contributed by atoms with Gasteiger partial charge in [-0.15, -0.1) is 0 Å². The molecule has 2 atom stereocenters. The molecule has 1 saturated heterocycles. The van der Waals surface area contributed by atoms with E-state index < -0.39 is 0 Å². The monoisotopic (exact) mass is 374 g/mol. The van der Waals surface area contributed by atoms with Gasteiger partial charge in [0.1, 0.15) is 11.9 Å². The molecule has 3 rings (SSSR count). The molecule has 5 nitrogen and oxygen atoms in total. The summed E-state index contributed by atoms with van der Waals surface area (Å²) in [4.78, 5) is 15.0. The second kappa shape index (κ2) is 10.5. The van der Waals surface area contributed by atoms with Crippen LogP contribution in [0.1, 0.15) is 64.7 Å². The lowest BCUT2D eigenvalue weighted by molar-refractivity contribution is 0.0176. The molecule has 2 fully saturated rings. The molecule has 1 aliphatic carbocycles. The summed E-state index contributed by atoms with van der Waals surface area (Å²) >= 11 is 0. The van der Waals surface area contributed by atoms with Crippen LogP contribution in [0.2, 0.25) is 0 Å². The third-order valence-corrected chi connectivity index (χ3v) is 5.63. The Morgan fingerprint density at radius 2 is 1.96 bits per heavy atom. The summed E-state index contributed by atoms with van der Waals surface area (Å²) in [6.45, 7) is 5.17.